The minimum atomic E-state index is -0.177. The molecule has 1 fully saturated rings. The third kappa shape index (κ3) is 4.60. The van der Waals surface area contributed by atoms with Crippen LogP contribution in [-0.4, -0.2) is 29.8 Å². The van der Waals surface area contributed by atoms with E-state index in [9.17, 15) is 9.59 Å². The molecule has 1 aliphatic heterocycles. The molecule has 5 heteroatoms. The smallest absolute Gasteiger partial charge is 0.229 e. The van der Waals surface area contributed by atoms with E-state index in [1.807, 2.05) is 48.5 Å². The van der Waals surface area contributed by atoms with Gasteiger partial charge in [-0.3, -0.25) is 9.59 Å². The summed E-state index contributed by atoms with van der Waals surface area (Å²) in [5.74, 6) is -0.184. The van der Waals surface area contributed by atoms with Crippen molar-refractivity contribution in [3.63, 3.8) is 0 Å². The lowest BCUT2D eigenvalue weighted by Crippen LogP contribution is -2.44. The average Bonchev–Trinajstić information content (AvgIpc) is 2.64. The highest BCUT2D eigenvalue weighted by Crippen LogP contribution is 2.21. The van der Waals surface area contributed by atoms with Crippen molar-refractivity contribution in [1.82, 2.24) is 4.90 Å². The SMILES string of the molecule is O=C(Nc1ccccc1)[C@H]1CCCN(C(=O)Cc2ccccc2Cl)C1. The number of nitrogens with one attached hydrogen (secondary N) is 1. The van der Waals surface area contributed by atoms with E-state index in [1.54, 1.807) is 11.0 Å². The molecule has 0 bridgehead atoms. The van der Waals surface area contributed by atoms with Gasteiger partial charge in [0.1, 0.15) is 0 Å². The summed E-state index contributed by atoms with van der Waals surface area (Å²) in [7, 11) is 0. The Bertz CT molecular complexity index is 748. The fraction of sp³-hybridized carbons (Fsp3) is 0.300. The monoisotopic (exact) mass is 356 g/mol. The number of rotatable bonds is 4. The molecule has 4 nitrogen and oxygen atoms in total. The summed E-state index contributed by atoms with van der Waals surface area (Å²) in [4.78, 5) is 26.8. The lowest BCUT2D eigenvalue weighted by Gasteiger charge is -2.32. The van der Waals surface area contributed by atoms with E-state index in [-0.39, 0.29) is 24.2 Å². The van der Waals surface area contributed by atoms with E-state index in [2.05, 4.69) is 5.32 Å². The Morgan fingerprint density at radius 1 is 1.08 bits per heavy atom. The number of likely N-dealkylation sites (tertiary alicyclic amines) is 1. The average molecular weight is 357 g/mol. The van der Waals surface area contributed by atoms with Gasteiger partial charge in [0, 0.05) is 23.8 Å². The summed E-state index contributed by atoms with van der Waals surface area (Å²) in [6, 6.07) is 16.8. The predicted octanol–water partition coefficient (Wildman–Crippen LogP) is 3.76. The minimum absolute atomic E-state index is 0.0188. The molecule has 25 heavy (non-hydrogen) atoms. The topological polar surface area (TPSA) is 49.4 Å². The number of halogens is 1. The molecule has 0 spiro atoms. The maximum absolute atomic E-state index is 12.6. The van der Waals surface area contributed by atoms with Crippen molar-refractivity contribution in [2.24, 2.45) is 5.92 Å². The van der Waals surface area contributed by atoms with E-state index in [1.165, 1.54) is 0 Å². The number of amides is 2. The summed E-state index contributed by atoms with van der Waals surface area (Å²) in [5, 5.41) is 3.53. The molecular weight excluding hydrogens is 336 g/mol. The van der Waals surface area contributed by atoms with Crippen molar-refractivity contribution in [1.29, 1.82) is 0 Å². The molecule has 2 amide bonds. The minimum Gasteiger partial charge on any atom is -0.342 e. The second kappa shape index (κ2) is 8.17. The van der Waals surface area contributed by atoms with Gasteiger partial charge >= 0.3 is 0 Å². The van der Waals surface area contributed by atoms with Crippen molar-refractivity contribution in [3.8, 4) is 0 Å². The molecule has 1 heterocycles. The molecule has 1 saturated heterocycles. The largest absolute Gasteiger partial charge is 0.342 e. The zero-order valence-corrected chi connectivity index (χ0v) is 14.7. The molecule has 0 unspecified atom stereocenters. The lowest BCUT2D eigenvalue weighted by atomic mass is 9.96. The van der Waals surface area contributed by atoms with Gasteiger partial charge < -0.3 is 10.2 Å². The zero-order chi connectivity index (χ0) is 17.6. The van der Waals surface area contributed by atoms with Crippen LogP contribution in [0.25, 0.3) is 0 Å². The van der Waals surface area contributed by atoms with Crippen LogP contribution in [-0.2, 0) is 16.0 Å². The molecule has 0 aliphatic carbocycles. The summed E-state index contributed by atoms with van der Waals surface area (Å²) >= 11 is 6.14. The van der Waals surface area contributed by atoms with Gasteiger partial charge in [0.25, 0.3) is 0 Å². The van der Waals surface area contributed by atoms with Crippen molar-refractivity contribution in [2.45, 2.75) is 19.3 Å². The fourth-order valence-corrected chi connectivity index (χ4v) is 3.30. The Hall–Kier alpha value is -2.33. The van der Waals surface area contributed by atoms with Gasteiger partial charge in [-0.2, -0.15) is 0 Å². The molecule has 0 aromatic heterocycles. The van der Waals surface area contributed by atoms with E-state index < -0.39 is 0 Å². The Morgan fingerprint density at radius 2 is 1.80 bits per heavy atom. The van der Waals surface area contributed by atoms with Crippen LogP contribution >= 0.6 is 11.6 Å². The quantitative estimate of drug-likeness (QED) is 0.906. The van der Waals surface area contributed by atoms with Crippen LogP contribution in [0.15, 0.2) is 54.6 Å². The molecule has 1 N–H and O–H groups in total. The third-order valence-corrected chi connectivity index (χ3v) is 4.85. The number of nitrogens with zero attached hydrogens (tertiary/aromatic N) is 1. The van der Waals surface area contributed by atoms with Crippen LogP contribution in [0, 0.1) is 5.92 Å². The van der Waals surface area contributed by atoms with E-state index in [4.69, 9.17) is 11.6 Å². The second-order valence-electron chi connectivity index (χ2n) is 6.30. The van der Waals surface area contributed by atoms with Crippen molar-refractivity contribution in [2.75, 3.05) is 18.4 Å². The lowest BCUT2D eigenvalue weighted by molar-refractivity contribution is -0.133. The van der Waals surface area contributed by atoms with Crippen LogP contribution in [0.2, 0.25) is 5.02 Å². The number of carbonyl (C=O) groups excluding carboxylic acids is 2. The van der Waals surface area contributed by atoms with Gasteiger partial charge in [0.2, 0.25) is 11.8 Å². The van der Waals surface area contributed by atoms with Crippen LogP contribution in [0.5, 0.6) is 0 Å². The van der Waals surface area contributed by atoms with Gasteiger partial charge in [-0.1, -0.05) is 48.0 Å². The van der Waals surface area contributed by atoms with Gasteiger partial charge in [-0.15, -0.1) is 0 Å². The first kappa shape index (κ1) is 17.5. The number of benzene rings is 2. The first-order chi connectivity index (χ1) is 12.1. The van der Waals surface area contributed by atoms with Crippen LogP contribution in [0.1, 0.15) is 18.4 Å². The molecule has 0 saturated carbocycles. The van der Waals surface area contributed by atoms with Crippen LogP contribution in [0.4, 0.5) is 5.69 Å². The van der Waals surface area contributed by atoms with E-state index in [0.29, 0.717) is 18.1 Å². The predicted molar refractivity (Wildman–Crippen MR) is 99.5 cm³/mol. The van der Waals surface area contributed by atoms with Crippen molar-refractivity contribution in [3.05, 3.63) is 65.2 Å². The third-order valence-electron chi connectivity index (χ3n) is 4.49. The van der Waals surface area contributed by atoms with Gasteiger partial charge in [0.05, 0.1) is 12.3 Å². The first-order valence-corrected chi connectivity index (χ1v) is 8.88. The highest BCUT2D eigenvalue weighted by atomic mass is 35.5. The Kier molecular flexibility index (Phi) is 5.71. The van der Waals surface area contributed by atoms with Gasteiger partial charge in [-0.05, 0) is 36.6 Å². The normalized spacial score (nSPS) is 17.2. The maximum atomic E-state index is 12.6. The Balaban J connectivity index is 1.59. The van der Waals surface area contributed by atoms with Crippen molar-refractivity contribution < 1.29 is 9.59 Å². The zero-order valence-electron chi connectivity index (χ0n) is 14.0. The number of hydrogen-bond acceptors (Lipinski definition) is 2. The number of para-hydroxylation sites is 1. The fourth-order valence-electron chi connectivity index (χ4n) is 3.10. The summed E-state index contributed by atoms with van der Waals surface area (Å²) in [5.41, 5.74) is 1.61. The number of piperidine rings is 1. The van der Waals surface area contributed by atoms with Gasteiger partial charge in [0.15, 0.2) is 0 Å². The standard InChI is InChI=1S/C20H21ClN2O2/c21-18-11-5-4-7-15(18)13-19(24)23-12-6-8-16(14-23)20(25)22-17-9-2-1-3-10-17/h1-5,7,9-11,16H,6,8,12-14H2,(H,22,25)/t16-/m0/s1. The molecule has 2 aromatic rings. The second-order valence-corrected chi connectivity index (χ2v) is 6.71. The van der Waals surface area contributed by atoms with Crippen LogP contribution in [0.3, 0.4) is 0 Å². The molecule has 1 aliphatic rings. The summed E-state index contributed by atoms with van der Waals surface area (Å²) in [6.45, 7) is 1.15. The molecule has 1 atom stereocenters. The van der Waals surface area contributed by atoms with E-state index >= 15 is 0 Å². The summed E-state index contributed by atoms with van der Waals surface area (Å²) in [6.07, 6.45) is 1.91. The first-order valence-electron chi connectivity index (χ1n) is 8.50. The molecule has 130 valence electrons. The van der Waals surface area contributed by atoms with Crippen molar-refractivity contribution >= 4 is 29.1 Å². The number of carbonyl (C=O) groups is 2. The molecule has 0 radical (unpaired) electrons. The van der Waals surface area contributed by atoms with Crippen LogP contribution < -0.4 is 5.32 Å². The van der Waals surface area contributed by atoms with E-state index in [0.717, 1.165) is 24.1 Å². The molecule has 3 rings (SSSR count). The highest BCUT2D eigenvalue weighted by molar-refractivity contribution is 6.31. The maximum Gasteiger partial charge on any atom is 0.229 e. The molecular formula is C20H21ClN2O2. The Labute approximate surface area is 152 Å². The molecule has 2 aromatic carbocycles. The van der Waals surface area contributed by atoms with Gasteiger partial charge in [-0.25, -0.2) is 0 Å². The number of anilines is 1. The highest BCUT2D eigenvalue weighted by Gasteiger charge is 2.28. The summed E-state index contributed by atoms with van der Waals surface area (Å²) < 4.78 is 0. The Morgan fingerprint density at radius 3 is 2.56 bits per heavy atom. The number of hydrogen-bond donors (Lipinski definition) is 1.